The van der Waals surface area contributed by atoms with Crippen LogP contribution in [0.25, 0.3) is 22.0 Å². The van der Waals surface area contributed by atoms with Gasteiger partial charge in [0.25, 0.3) is 0 Å². The zero-order valence-electron chi connectivity index (χ0n) is 19.2. The second-order valence-corrected chi connectivity index (χ2v) is 8.01. The van der Waals surface area contributed by atoms with Crippen molar-refractivity contribution >= 4 is 16.5 Å². The Morgan fingerprint density at radius 3 is 2.61 bits per heavy atom. The summed E-state index contributed by atoms with van der Waals surface area (Å²) in [6, 6.07) is 12.6. The molecular formula is C25H35N5O. The average Bonchev–Trinajstić information content (AvgIpc) is 2.80. The predicted molar refractivity (Wildman–Crippen MR) is 130 cm³/mol. The summed E-state index contributed by atoms with van der Waals surface area (Å²) in [7, 11) is 5.93. The fraction of sp³-hybridized carbons (Fsp3) is 0.440. The van der Waals surface area contributed by atoms with Crippen LogP contribution in [0.5, 0.6) is 5.75 Å². The Bertz CT molecular complexity index is 973. The maximum Gasteiger partial charge on any atom is 0.128 e. The Kier molecular flexibility index (Phi) is 8.62. The fourth-order valence-electron chi connectivity index (χ4n) is 3.57. The number of ether oxygens (including phenoxy) is 1. The topological polar surface area (TPSA) is 62.3 Å². The summed E-state index contributed by atoms with van der Waals surface area (Å²) in [5, 5.41) is 9.49. The van der Waals surface area contributed by atoms with Gasteiger partial charge in [-0.2, -0.15) is 0 Å². The van der Waals surface area contributed by atoms with E-state index < -0.39 is 0 Å². The second-order valence-electron chi connectivity index (χ2n) is 8.01. The number of methoxy groups -OCH3 is 1. The van der Waals surface area contributed by atoms with Gasteiger partial charge in [-0.1, -0.05) is 13.0 Å². The van der Waals surface area contributed by atoms with E-state index in [0.29, 0.717) is 0 Å². The van der Waals surface area contributed by atoms with E-state index in [9.17, 15) is 0 Å². The highest BCUT2D eigenvalue weighted by Gasteiger charge is 2.09. The lowest BCUT2D eigenvalue weighted by molar-refractivity contribution is 0.394. The summed E-state index contributed by atoms with van der Waals surface area (Å²) in [6.07, 6.45) is 4.90. The monoisotopic (exact) mass is 421 g/mol. The summed E-state index contributed by atoms with van der Waals surface area (Å²) in [5.74, 6) is 1.73. The van der Waals surface area contributed by atoms with Gasteiger partial charge in [0.05, 0.1) is 12.8 Å². The summed E-state index contributed by atoms with van der Waals surface area (Å²) < 4.78 is 5.46. The first-order chi connectivity index (χ1) is 15.1. The van der Waals surface area contributed by atoms with Crippen LogP contribution in [0.2, 0.25) is 0 Å². The lowest BCUT2D eigenvalue weighted by Crippen LogP contribution is -2.23. The van der Waals surface area contributed by atoms with Gasteiger partial charge in [0, 0.05) is 35.8 Å². The standard InChI is InChI=1S/C25H35N5O/c1-5-25-28-14-10-23(29-25)20-16-19-8-9-21(31-4)18-22(19)24(17-20)27-13-6-11-26-12-7-15-30(2)3/h8-10,14,16-18,26-27H,5-7,11-13,15H2,1-4H3. The number of aryl methyl sites for hydroxylation is 1. The number of aromatic nitrogens is 2. The molecule has 0 unspecified atom stereocenters. The van der Waals surface area contributed by atoms with Crippen LogP contribution in [0.1, 0.15) is 25.6 Å². The van der Waals surface area contributed by atoms with Gasteiger partial charge >= 0.3 is 0 Å². The lowest BCUT2D eigenvalue weighted by Gasteiger charge is -2.14. The maximum absolute atomic E-state index is 5.46. The molecule has 2 aromatic carbocycles. The molecule has 31 heavy (non-hydrogen) atoms. The first-order valence-electron chi connectivity index (χ1n) is 11.1. The fourth-order valence-corrected chi connectivity index (χ4v) is 3.57. The molecule has 0 atom stereocenters. The van der Waals surface area contributed by atoms with E-state index in [0.717, 1.165) is 72.9 Å². The minimum Gasteiger partial charge on any atom is -0.497 e. The summed E-state index contributed by atoms with van der Waals surface area (Å²) in [4.78, 5) is 11.3. The SMILES string of the molecule is CCc1nccc(-c2cc(NCCCNCCCN(C)C)c3cc(OC)ccc3c2)n1. The number of nitrogens with one attached hydrogen (secondary N) is 2. The van der Waals surface area contributed by atoms with Crippen LogP contribution in [0.4, 0.5) is 5.69 Å². The second kappa shape index (κ2) is 11.6. The first-order valence-corrected chi connectivity index (χ1v) is 11.1. The van der Waals surface area contributed by atoms with Gasteiger partial charge in [-0.25, -0.2) is 9.97 Å². The van der Waals surface area contributed by atoms with Gasteiger partial charge in [0.2, 0.25) is 0 Å². The van der Waals surface area contributed by atoms with Crippen molar-refractivity contribution in [1.82, 2.24) is 20.2 Å². The van der Waals surface area contributed by atoms with Gasteiger partial charge in [-0.15, -0.1) is 0 Å². The molecule has 0 amide bonds. The number of hydrogen-bond acceptors (Lipinski definition) is 6. The average molecular weight is 422 g/mol. The highest BCUT2D eigenvalue weighted by Crippen LogP contribution is 2.32. The van der Waals surface area contributed by atoms with Gasteiger partial charge in [-0.3, -0.25) is 0 Å². The molecule has 166 valence electrons. The zero-order chi connectivity index (χ0) is 22.1. The van der Waals surface area contributed by atoms with Gasteiger partial charge in [-0.05, 0) is 82.3 Å². The molecule has 0 aliphatic rings. The Morgan fingerprint density at radius 2 is 1.84 bits per heavy atom. The quantitative estimate of drug-likeness (QED) is 0.427. The van der Waals surface area contributed by atoms with Crippen LogP contribution < -0.4 is 15.4 Å². The Labute approximate surface area is 186 Å². The Hall–Kier alpha value is -2.70. The number of hydrogen-bond donors (Lipinski definition) is 2. The van der Waals surface area contributed by atoms with Crippen molar-refractivity contribution in [3.8, 4) is 17.0 Å². The summed E-state index contributed by atoms with van der Waals surface area (Å²) in [6.45, 7) is 6.16. The maximum atomic E-state index is 5.46. The van der Waals surface area contributed by atoms with Crippen LogP contribution in [0.3, 0.4) is 0 Å². The molecule has 6 nitrogen and oxygen atoms in total. The van der Waals surface area contributed by atoms with Gasteiger partial charge in [0.1, 0.15) is 11.6 Å². The number of nitrogens with zero attached hydrogens (tertiary/aromatic N) is 3. The predicted octanol–water partition coefficient (Wildman–Crippen LogP) is 4.21. The van der Waals surface area contributed by atoms with E-state index in [-0.39, 0.29) is 0 Å². The van der Waals surface area contributed by atoms with Gasteiger partial charge in [0.15, 0.2) is 0 Å². The van der Waals surface area contributed by atoms with Crippen molar-refractivity contribution in [3.05, 3.63) is 48.4 Å². The van der Waals surface area contributed by atoms with E-state index in [4.69, 9.17) is 9.72 Å². The summed E-state index contributed by atoms with van der Waals surface area (Å²) >= 11 is 0. The number of anilines is 1. The highest BCUT2D eigenvalue weighted by atomic mass is 16.5. The van der Waals surface area contributed by atoms with E-state index in [2.05, 4.69) is 65.8 Å². The smallest absolute Gasteiger partial charge is 0.128 e. The molecule has 0 saturated carbocycles. The molecule has 2 N–H and O–H groups in total. The van der Waals surface area contributed by atoms with Crippen molar-refractivity contribution in [2.75, 3.05) is 52.7 Å². The number of benzene rings is 2. The number of fused-ring (bicyclic) bond motifs is 1. The molecule has 0 bridgehead atoms. The Morgan fingerprint density at radius 1 is 1.00 bits per heavy atom. The van der Waals surface area contributed by atoms with Crippen molar-refractivity contribution in [1.29, 1.82) is 0 Å². The molecule has 6 heteroatoms. The van der Waals surface area contributed by atoms with Crippen molar-refractivity contribution in [2.24, 2.45) is 0 Å². The molecule has 3 aromatic rings. The van der Waals surface area contributed by atoms with E-state index in [1.54, 1.807) is 7.11 Å². The molecule has 0 radical (unpaired) electrons. The summed E-state index contributed by atoms with van der Waals surface area (Å²) in [5.41, 5.74) is 3.16. The molecule has 0 aliphatic carbocycles. The van der Waals surface area contributed by atoms with Crippen molar-refractivity contribution in [2.45, 2.75) is 26.2 Å². The molecule has 1 aromatic heterocycles. The minimum atomic E-state index is 0.825. The lowest BCUT2D eigenvalue weighted by atomic mass is 10.0. The van der Waals surface area contributed by atoms with Crippen molar-refractivity contribution in [3.63, 3.8) is 0 Å². The van der Waals surface area contributed by atoms with Crippen LogP contribution in [0, 0.1) is 0 Å². The van der Waals surface area contributed by atoms with Crippen LogP contribution in [-0.4, -0.2) is 62.3 Å². The van der Waals surface area contributed by atoms with Crippen molar-refractivity contribution < 1.29 is 4.74 Å². The van der Waals surface area contributed by atoms with Crippen LogP contribution in [-0.2, 0) is 6.42 Å². The Balaban J connectivity index is 1.73. The first kappa shape index (κ1) is 23.0. The third kappa shape index (κ3) is 6.64. The zero-order valence-corrected chi connectivity index (χ0v) is 19.2. The van der Waals surface area contributed by atoms with Crippen LogP contribution in [0.15, 0.2) is 42.6 Å². The molecule has 1 heterocycles. The highest BCUT2D eigenvalue weighted by molar-refractivity contribution is 5.98. The van der Waals surface area contributed by atoms with Gasteiger partial charge < -0.3 is 20.3 Å². The molecule has 0 saturated heterocycles. The van der Waals surface area contributed by atoms with Crippen LogP contribution >= 0.6 is 0 Å². The number of rotatable bonds is 12. The molecule has 0 spiro atoms. The van der Waals surface area contributed by atoms with E-state index in [1.807, 2.05) is 18.3 Å². The third-order valence-electron chi connectivity index (χ3n) is 5.28. The molecule has 0 aliphatic heterocycles. The molecular weight excluding hydrogens is 386 g/mol. The third-order valence-corrected chi connectivity index (χ3v) is 5.28. The normalized spacial score (nSPS) is 11.3. The van der Waals surface area contributed by atoms with E-state index >= 15 is 0 Å². The largest absolute Gasteiger partial charge is 0.497 e. The van der Waals surface area contributed by atoms with E-state index in [1.165, 1.54) is 11.8 Å². The minimum absolute atomic E-state index is 0.825. The molecule has 0 fully saturated rings. The molecule has 3 rings (SSSR count).